The Kier molecular flexibility index (Phi) is 5.05. The quantitative estimate of drug-likeness (QED) is 0.911. The van der Waals surface area contributed by atoms with Crippen molar-refractivity contribution in [2.75, 3.05) is 34.9 Å². The molecule has 2 fully saturated rings. The minimum atomic E-state index is -0.396. The molecule has 2 amide bonds. The van der Waals surface area contributed by atoms with E-state index in [1.165, 1.54) is 12.8 Å². The van der Waals surface area contributed by atoms with Crippen molar-refractivity contribution in [2.24, 2.45) is 0 Å². The number of nitrogens with one attached hydrogen (secondary N) is 1. The predicted molar refractivity (Wildman–Crippen MR) is 92.6 cm³/mol. The van der Waals surface area contributed by atoms with Gasteiger partial charge >= 0.3 is 0 Å². The Bertz CT molecular complexity index is 572. The molecule has 6 nitrogen and oxygen atoms in total. The number of aromatic nitrogens is 1. The molecule has 0 radical (unpaired) electrons. The first kappa shape index (κ1) is 16.1. The number of hydrogen-bond donors (Lipinski definition) is 1. The summed E-state index contributed by atoms with van der Waals surface area (Å²) in [6, 6.07) is 3.43. The Morgan fingerprint density at radius 2 is 2.13 bits per heavy atom. The van der Waals surface area contributed by atoms with E-state index >= 15 is 0 Å². The lowest BCUT2D eigenvalue weighted by Crippen LogP contribution is -2.44. The third-order valence-corrected chi connectivity index (χ3v) is 5.29. The van der Waals surface area contributed by atoms with Gasteiger partial charge in [0.05, 0.1) is 17.8 Å². The van der Waals surface area contributed by atoms with Gasteiger partial charge in [-0.2, -0.15) is 0 Å². The van der Waals surface area contributed by atoms with Crippen molar-refractivity contribution in [1.82, 2.24) is 9.88 Å². The second kappa shape index (κ2) is 7.21. The van der Waals surface area contributed by atoms with E-state index in [4.69, 9.17) is 0 Å². The zero-order valence-corrected chi connectivity index (χ0v) is 14.1. The van der Waals surface area contributed by atoms with Gasteiger partial charge < -0.3 is 15.1 Å². The summed E-state index contributed by atoms with van der Waals surface area (Å²) in [5.74, 6) is 1.64. The van der Waals surface area contributed by atoms with Crippen LogP contribution in [0, 0.1) is 0 Å². The summed E-state index contributed by atoms with van der Waals surface area (Å²) >= 11 is 1.61. The maximum Gasteiger partial charge on any atom is 0.249 e. The van der Waals surface area contributed by atoms with Gasteiger partial charge in [0.25, 0.3) is 0 Å². The third kappa shape index (κ3) is 3.60. The molecule has 3 heterocycles. The van der Waals surface area contributed by atoms with Gasteiger partial charge in [-0.25, -0.2) is 4.98 Å². The van der Waals surface area contributed by atoms with Crippen LogP contribution in [0.3, 0.4) is 0 Å². The minimum Gasteiger partial charge on any atom is -0.370 e. The van der Waals surface area contributed by atoms with Crippen LogP contribution in [-0.4, -0.2) is 52.5 Å². The fraction of sp³-hybridized carbons (Fsp3) is 0.562. The molecular formula is C16H22N4O2S. The van der Waals surface area contributed by atoms with Gasteiger partial charge in [-0.15, -0.1) is 11.8 Å². The molecule has 0 saturated carbocycles. The van der Waals surface area contributed by atoms with Crippen molar-refractivity contribution in [3.8, 4) is 0 Å². The van der Waals surface area contributed by atoms with Gasteiger partial charge in [-0.05, 0) is 25.0 Å². The number of pyridine rings is 1. The molecule has 0 spiro atoms. The topological polar surface area (TPSA) is 65.5 Å². The first-order chi connectivity index (χ1) is 11.2. The second-order valence-corrected chi connectivity index (χ2v) is 6.82. The summed E-state index contributed by atoms with van der Waals surface area (Å²) in [4.78, 5) is 32.6. The fourth-order valence-electron chi connectivity index (χ4n) is 2.94. The molecule has 0 unspecified atom stereocenters. The highest BCUT2D eigenvalue weighted by Gasteiger charge is 2.33. The largest absolute Gasteiger partial charge is 0.370 e. The molecule has 124 valence electrons. The highest BCUT2D eigenvalue weighted by atomic mass is 32.2. The number of amides is 2. The number of thioether (sulfide) groups is 1. The van der Waals surface area contributed by atoms with Gasteiger partial charge in [0.1, 0.15) is 11.9 Å². The van der Waals surface area contributed by atoms with Gasteiger partial charge in [-0.3, -0.25) is 9.59 Å². The minimum absolute atomic E-state index is 0.0208. The van der Waals surface area contributed by atoms with Gasteiger partial charge in [0.15, 0.2) is 0 Å². The van der Waals surface area contributed by atoms with E-state index in [0.29, 0.717) is 23.9 Å². The normalized spacial score (nSPS) is 20.8. The van der Waals surface area contributed by atoms with E-state index in [1.54, 1.807) is 22.9 Å². The first-order valence-corrected chi connectivity index (χ1v) is 9.23. The highest BCUT2D eigenvalue weighted by molar-refractivity contribution is 7.99. The molecule has 0 aromatic carbocycles. The Labute approximate surface area is 140 Å². The standard InChI is InChI=1S/C16H22N4O2S/c1-2-15(21)20-11-23-10-13(20)16(22)18-14-6-5-12(9-17-14)19-7-3-4-8-19/h5-6,9,13H,2-4,7-8,10-11H2,1H3,(H,17,18,22)/t13-/m0/s1. The summed E-state index contributed by atoms with van der Waals surface area (Å²) in [5.41, 5.74) is 1.10. The average Bonchev–Trinajstić information content (AvgIpc) is 3.26. The molecule has 3 rings (SSSR count). The Morgan fingerprint density at radius 3 is 2.78 bits per heavy atom. The van der Waals surface area contributed by atoms with Crippen molar-refractivity contribution >= 4 is 35.1 Å². The van der Waals surface area contributed by atoms with E-state index in [9.17, 15) is 9.59 Å². The van der Waals surface area contributed by atoms with Crippen LogP contribution < -0.4 is 10.2 Å². The molecule has 1 N–H and O–H groups in total. The highest BCUT2D eigenvalue weighted by Crippen LogP contribution is 2.24. The number of rotatable bonds is 4. The molecule has 2 aliphatic heterocycles. The summed E-state index contributed by atoms with van der Waals surface area (Å²) in [6.07, 6.45) is 4.67. The Hall–Kier alpha value is -1.76. The van der Waals surface area contributed by atoms with Crippen molar-refractivity contribution in [3.05, 3.63) is 18.3 Å². The zero-order valence-electron chi connectivity index (χ0n) is 13.3. The molecule has 23 heavy (non-hydrogen) atoms. The van der Waals surface area contributed by atoms with Crippen LogP contribution in [0.15, 0.2) is 18.3 Å². The first-order valence-electron chi connectivity index (χ1n) is 8.08. The van der Waals surface area contributed by atoms with Gasteiger partial charge in [-0.1, -0.05) is 6.92 Å². The van der Waals surface area contributed by atoms with Crippen LogP contribution in [0.4, 0.5) is 11.5 Å². The molecule has 2 aliphatic rings. The van der Waals surface area contributed by atoms with E-state index < -0.39 is 6.04 Å². The van der Waals surface area contributed by atoms with E-state index in [1.807, 2.05) is 19.1 Å². The lowest BCUT2D eigenvalue weighted by atomic mass is 10.2. The van der Waals surface area contributed by atoms with E-state index in [0.717, 1.165) is 18.8 Å². The lowest BCUT2D eigenvalue weighted by Gasteiger charge is -2.22. The van der Waals surface area contributed by atoms with Crippen LogP contribution >= 0.6 is 11.8 Å². The molecule has 1 aromatic heterocycles. The molecular weight excluding hydrogens is 312 g/mol. The van der Waals surface area contributed by atoms with Gasteiger partial charge in [0.2, 0.25) is 11.8 Å². The molecule has 1 aromatic rings. The molecule has 2 saturated heterocycles. The van der Waals surface area contributed by atoms with Crippen molar-refractivity contribution < 1.29 is 9.59 Å². The molecule has 0 bridgehead atoms. The summed E-state index contributed by atoms with van der Waals surface area (Å²) in [5, 5.41) is 2.83. The van der Waals surface area contributed by atoms with Crippen molar-refractivity contribution in [3.63, 3.8) is 0 Å². The molecule has 0 aliphatic carbocycles. The van der Waals surface area contributed by atoms with Crippen LogP contribution in [0.25, 0.3) is 0 Å². The summed E-state index contributed by atoms with van der Waals surface area (Å²) < 4.78 is 0. The summed E-state index contributed by atoms with van der Waals surface area (Å²) in [6.45, 7) is 3.96. The zero-order chi connectivity index (χ0) is 16.2. The second-order valence-electron chi connectivity index (χ2n) is 5.82. The van der Waals surface area contributed by atoms with Crippen molar-refractivity contribution in [2.45, 2.75) is 32.2 Å². The third-order valence-electron chi connectivity index (χ3n) is 4.28. The fourth-order valence-corrected chi connectivity index (χ4v) is 4.12. The molecule has 7 heteroatoms. The van der Waals surface area contributed by atoms with Crippen LogP contribution in [0.1, 0.15) is 26.2 Å². The Balaban J connectivity index is 1.62. The van der Waals surface area contributed by atoms with E-state index in [-0.39, 0.29) is 11.8 Å². The maximum absolute atomic E-state index is 12.4. The lowest BCUT2D eigenvalue weighted by molar-refractivity contribution is -0.135. The maximum atomic E-state index is 12.4. The Morgan fingerprint density at radius 1 is 1.35 bits per heavy atom. The van der Waals surface area contributed by atoms with Crippen LogP contribution in [-0.2, 0) is 9.59 Å². The number of carbonyl (C=O) groups excluding carboxylic acids is 2. The van der Waals surface area contributed by atoms with E-state index in [2.05, 4.69) is 15.2 Å². The van der Waals surface area contributed by atoms with Crippen LogP contribution in [0.2, 0.25) is 0 Å². The summed E-state index contributed by atoms with van der Waals surface area (Å²) in [7, 11) is 0. The number of hydrogen-bond acceptors (Lipinski definition) is 5. The number of carbonyl (C=O) groups is 2. The molecule has 1 atom stereocenters. The van der Waals surface area contributed by atoms with Crippen molar-refractivity contribution in [1.29, 1.82) is 0 Å². The SMILES string of the molecule is CCC(=O)N1CSC[C@H]1C(=O)Nc1ccc(N2CCCC2)cn1. The van der Waals surface area contributed by atoms with Gasteiger partial charge in [0, 0.05) is 25.3 Å². The average molecular weight is 334 g/mol. The monoisotopic (exact) mass is 334 g/mol. The van der Waals surface area contributed by atoms with Crippen LogP contribution in [0.5, 0.6) is 0 Å². The predicted octanol–water partition coefficient (Wildman–Crippen LogP) is 1.93. The smallest absolute Gasteiger partial charge is 0.249 e. The number of anilines is 2. The number of nitrogens with zero attached hydrogens (tertiary/aromatic N) is 3.